The second-order valence-electron chi connectivity index (χ2n) is 7.53. The predicted octanol–water partition coefficient (Wildman–Crippen LogP) is 4.00. The minimum absolute atomic E-state index is 0.201. The fraction of sp³-hybridized carbons (Fsp3) is 0.458. The molecule has 7 heteroatoms. The highest BCUT2D eigenvalue weighted by molar-refractivity contribution is 5.70. The van der Waals surface area contributed by atoms with Crippen molar-refractivity contribution in [2.45, 2.75) is 25.8 Å². The van der Waals surface area contributed by atoms with Crippen molar-refractivity contribution in [2.24, 2.45) is 5.92 Å². The van der Waals surface area contributed by atoms with E-state index in [1.54, 1.807) is 21.3 Å². The number of aliphatic carboxylic acids is 1. The maximum Gasteiger partial charge on any atom is 0.307 e. The molecule has 2 atom stereocenters. The van der Waals surface area contributed by atoms with E-state index in [2.05, 4.69) is 4.90 Å². The molecule has 0 amide bonds. The van der Waals surface area contributed by atoms with Crippen molar-refractivity contribution >= 4 is 5.97 Å². The van der Waals surface area contributed by atoms with Crippen LogP contribution in [0.5, 0.6) is 23.0 Å². The highest BCUT2D eigenvalue weighted by atomic mass is 16.5. The third kappa shape index (κ3) is 5.05. The van der Waals surface area contributed by atoms with Crippen LogP contribution in [0.1, 0.15) is 36.9 Å². The second kappa shape index (κ2) is 10.4. The van der Waals surface area contributed by atoms with E-state index >= 15 is 0 Å². The molecule has 1 aliphatic rings. The van der Waals surface area contributed by atoms with Crippen molar-refractivity contribution in [1.82, 2.24) is 4.90 Å². The molecular weight excluding hydrogens is 398 g/mol. The van der Waals surface area contributed by atoms with Crippen LogP contribution >= 0.6 is 0 Å². The van der Waals surface area contributed by atoms with Gasteiger partial charge in [-0.25, -0.2) is 0 Å². The van der Waals surface area contributed by atoms with Crippen LogP contribution in [0.2, 0.25) is 0 Å². The monoisotopic (exact) mass is 429 g/mol. The van der Waals surface area contributed by atoms with E-state index in [0.29, 0.717) is 42.6 Å². The smallest absolute Gasteiger partial charge is 0.307 e. The van der Waals surface area contributed by atoms with E-state index in [4.69, 9.17) is 18.9 Å². The Balaban J connectivity index is 2.11. The largest absolute Gasteiger partial charge is 0.497 e. The van der Waals surface area contributed by atoms with Crippen molar-refractivity contribution in [3.8, 4) is 23.0 Å². The van der Waals surface area contributed by atoms with Crippen molar-refractivity contribution in [3.63, 3.8) is 0 Å². The standard InChI is InChI=1S/C24H31NO6/c1-5-31-22-13-16(8-11-20(22)29-3)23(25-12-6-7-17(15-25)24(26)27)19-10-9-18(28-2)14-21(19)30-4/h8-11,13-14,17,23H,5-7,12,15H2,1-4H3,(H,26,27). The summed E-state index contributed by atoms with van der Waals surface area (Å²) in [5, 5.41) is 9.63. The van der Waals surface area contributed by atoms with Gasteiger partial charge in [0, 0.05) is 18.2 Å². The van der Waals surface area contributed by atoms with Gasteiger partial charge in [-0.1, -0.05) is 6.07 Å². The van der Waals surface area contributed by atoms with Gasteiger partial charge in [-0.3, -0.25) is 9.69 Å². The number of hydrogen-bond donors (Lipinski definition) is 1. The van der Waals surface area contributed by atoms with Gasteiger partial charge >= 0.3 is 5.97 Å². The molecule has 0 radical (unpaired) electrons. The summed E-state index contributed by atoms with van der Waals surface area (Å²) in [6, 6.07) is 11.4. The fourth-order valence-electron chi connectivity index (χ4n) is 4.21. The number of carbonyl (C=O) groups is 1. The maximum absolute atomic E-state index is 11.7. The van der Waals surface area contributed by atoms with Gasteiger partial charge in [-0.05, 0) is 56.1 Å². The molecule has 3 rings (SSSR count). The lowest BCUT2D eigenvalue weighted by Gasteiger charge is -2.38. The number of benzene rings is 2. The molecule has 2 aromatic rings. The normalized spacial score (nSPS) is 17.6. The minimum Gasteiger partial charge on any atom is -0.497 e. The Bertz CT molecular complexity index is 900. The lowest BCUT2D eigenvalue weighted by atomic mass is 9.90. The number of rotatable bonds is 9. The Morgan fingerprint density at radius 3 is 2.48 bits per heavy atom. The quantitative estimate of drug-likeness (QED) is 0.646. The lowest BCUT2D eigenvalue weighted by Crippen LogP contribution is -2.41. The molecule has 0 saturated carbocycles. The summed E-state index contributed by atoms with van der Waals surface area (Å²) in [5.74, 6) is 1.56. The van der Waals surface area contributed by atoms with Crippen LogP contribution < -0.4 is 18.9 Å². The molecule has 1 N–H and O–H groups in total. The van der Waals surface area contributed by atoms with Crippen molar-refractivity contribution < 1.29 is 28.8 Å². The van der Waals surface area contributed by atoms with Crippen LogP contribution in [0, 0.1) is 5.92 Å². The van der Waals surface area contributed by atoms with Gasteiger partial charge in [-0.2, -0.15) is 0 Å². The first-order valence-corrected chi connectivity index (χ1v) is 10.5. The first-order chi connectivity index (χ1) is 15.0. The Morgan fingerprint density at radius 1 is 1.06 bits per heavy atom. The fourth-order valence-corrected chi connectivity index (χ4v) is 4.21. The molecule has 1 heterocycles. The van der Waals surface area contributed by atoms with Crippen LogP contribution in [-0.4, -0.2) is 57.0 Å². The van der Waals surface area contributed by atoms with E-state index in [1.807, 2.05) is 43.3 Å². The Labute approximate surface area is 183 Å². The Kier molecular flexibility index (Phi) is 7.63. The highest BCUT2D eigenvalue weighted by Gasteiger charge is 2.33. The zero-order chi connectivity index (χ0) is 22.4. The molecule has 1 fully saturated rings. The van der Waals surface area contributed by atoms with Gasteiger partial charge in [0.1, 0.15) is 11.5 Å². The molecule has 0 aliphatic carbocycles. The molecule has 1 aliphatic heterocycles. The number of methoxy groups -OCH3 is 3. The molecule has 168 valence electrons. The summed E-state index contributed by atoms with van der Waals surface area (Å²) in [7, 11) is 4.86. The number of hydrogen-bond acceptors (Lipinski definition) is 6. The van der Waals surface area contributed by atoms with Gasteiger partial charge < -0.3 is 24.1 Å². The summed E-state index contributed by atoms with van der Waals surface area (Å²) >= 11 is 0. The zero-order valence-corrected chi connectivity index (χ0v) is 18.6. The summed E-state index contributed by atoms with van der Waals surface area (Å²) in [6.07, 6.45) is 1.51. The third-order valence-corrected chi connectivity index (χ3v) is 5.71. The first kappa shape index (κ1) is 22.7. The molecule has 0 spiro atoms. The van der Waals surface area contributed by atoms with Gasteiger partial charge in [0.2, 0.25) is 0 Å². The van der Waals surface area contributed by atoms with E-state index in [-0.39, 0.29) is 6.04 Å². The highest BCUT2D eigenvalue weighted by Crippen LogP contribution is 2.41. The van der Waals surface area contributed by atoms with E-state index in [1.165, 1.54) is 0 Å². The average molecular weight is 430 g/mol. The first-order valence-electron chi connectivity index (χ1n) is 10.5. The SMILES string of the molecule is CCOc1cc(C(c2ccc(OC)cc2OC)N2CCCC(C(=O)O)C2)ccc1OC. The van der Waals surface area contributed by atoms with Gasteiger partial charge in [-0.15, -0.1) is 0 Å². The number of ether oxygens (including phenoxy) is 4. The van der Waals surface area contributed by atoms with Crippen LogP contribution in [0.4, 0.5) is 0 Å². The van der Waals surface area contributed by atoms with Crippen molar-refractivity contribution in [3.05, 3.63) is 47.5 Å². The lowest BCUT2D eigenvalue weighted by molar-refractivity contribution is -0.143. The van der Waals surface area contributed by atoms with Crippen LogP contribution in [0.3, 0.4) is 0 Å². The topological polar surface area (TPSA) is 77.5 Å². The summed E-state index contributed by atoms with van der Waals surface area (Å²) < 4.78 is 22.3. The molecule has 7 nitrogen and oxygen atoms in total. The van der Waals surface area contributed by atoms with Crippen LogP contribution in [-0.2, 0) is 4.79 Å². The van der Waals surface area contributed by atoms with E-state index in [0.717, 1.165) is 24.1 Å². The second-order valence-corrected chi connectivity index (χ2v) is 7.53. The molecule has 2 unspecified atom stereocenters. The van der Waals surface area contributed by atoms with Gasteiger partial charge in [0.15, 0.2) is 11.5 Å². The molecule has 0 bridgehead atoms. The number of carboxylic acid groups (broad SMARTS) is 1. The van der Waals surface area contributed by atoms with Gasteiger partial charge in [0.05, 0.1) is 39.9 Å². The number of nitrogens with zero attached hydrogens (tertiary/aromatic N) is 1. The summed E-state index contributed by atoms with van der Waals surface area (Å²) in [4.78, 5) is 13.9. The maximum atomic E-state index is 11.7. The molecule has 1 saturated heterocycles. The molecule has 31 heavy (non-hydrogen) atoms. The zero-order valence-electron chi connectivity index (χ0n) is 18.6. The Morgan fingerprint density at radius 2 is 1.84 bits per heavy atom. The van der Waals surface area contributed by atoms with Crippen molar-refractivity contribution in [2.75, 3.05) is 41.0 Å². The van der Waals surface area contributed by atoms with Crippen LogP contribution in [0.15, 0.2) is 36.4 Å². The molecular formula is C24H31NO6. The van der Waals surface area contributed by atoms with Crippen LogP contribution in [0.25, 0.3) is 0 Å². The minimum atomic E-state index is -0.755. The van der Waals surface area contributed by atoms with E-state index in [9.17, 15) is 9.90 Å². The average Bonchev–Trinajstić information content (AvgIpc) is 2.80. The predicted molar refractivity (Wildman–Crippen MR) is 117 cm³/mol. The summed E-state index contributed by atoms with van der Waals surface area (Å²) in [5.41, 5.74) is 1.93. The number of likely N-dealkylation sites (tertiary alicyclic amines) is 1. The number of carboxylic acids is 1. The Hall–Kier alpha value is -2.93. The molecule has 2 aromatic carbocycles. The summed E-state index contributed by atoms with van der Waals surface area (Å²) in [6.45, 7) is 3.70. The third-order valence-electron chi connectivity index (χ3n) is 5.71. The van der Waals surface area contributed by atoms with Crippen molar-refractivity contribution in [1.29, 1.82) is 0 Å². The molecule has 0 aromatic heterocycles. The van der Waals surface area contributed by atoms with Gasteiger partial charge in [0.25, 0.3) is 0 Å². The van der Waals surface area contributed by atoms with E-state index < -0.39 is 11.9 Å². The number of piperidine rings is 1.